The molecule has 0 bridgehead atoms. The highest BCUT2D eigenvalue weighted by molar-refractivity contribution is 7.25. The van der Waals surface area contributed by atoms with Gasteiger partial charge in [0.1, 0.15) is 0 Å². The molecule has 11 aromatic rings. The molecule has 0 saturated carbocycles. The van der Waals surface area contributed by atoms with Crippen LogP contribution >= 0.6 is 11.3 Å². The molecule has 0 unspecified atom stereocenters. The summed E-state index contributed by atoms with van der Waals surface area (Å²) in [6.07, 6.45) is 0. The van der Waals surface area contributed by atoms with Crippen molar-refractivity contribution in [2.45, 2.75) is 13.8 Å². The van der Waals surface area contributed by atoms with E-state index in [2.05, 4.69) is 164 Å². The number of hydrogen-bond donors (Lipinski definition) is 0. The molecule has 0 aliphatic heterocycles. The predicted molar refractivity (Wildman–Crippen MR) is 244 cm³/mol. The minimum atomic E-state index is 0.614. The van der Waals surface area contributed by atoms with E-state index >= 15 is 0 Å². The smallest absolute Gasteiger partial charge is 0.166 e. The van der Waals surface area contributed by atoms with Crippen LogP contribution in [-0.4, -0.2) is 19.5 Å². The van der Waals surface area contributed by atoms with Crippen LogP contribution < -0.4 is 0 Å². The Morgan fingerprint density at radius 2 is 0.983 bits per heavy atom. The number of thiophene rings is 1. The van der Waals surface area contributed by atoms with Gasteiger partial charge in [0.2, 0.25) is 0 Å². The van der Waals surface area contributed by atoms with Crippen LogP contribution in [0.2, 0.25) is 0 Å². The number of aryl methyl sites for hydroxylation is 2. The molecule has 3 heterocycles. The summed E-state index contributed by atoms with van der Waals surface area (Å²) in [5.41, 5.74) is 13.2. The van der Waals surface area contributed by atoms with Gasteiger partial charge in [-0.05, 0) is 84.1 Å². The molecule has 0 radical (unpaired) electrons. The zero-order valence-electron chi connectivity index (χ0n) is 32.0. The van der Waals surface area contributed by atoms with Crippen molar-refractivity contribution in [3.63, 3.8) is 0 Å². The summed E-state index contributed by atoms with van der Waals surface area (Å²) in [7, 11) is 0. The van der Waals surface area contributed by atoms with Crippen LogP contribution in [0.25, 0.3) is 104 Å². The lowest BCUT2D eigenvalue weighted by atomic mass is 9.97. The monoisotopic (exact) mass is 760 g/mol. The quantitative estimate of drug-likeness (QED) is 0.169. The Morgan fingerprint density at radius 1 is 0.379 bits per heavy atom. The van der Waals surface area contributed by atoms with Crippen molar-refractivity contribution in [3.8, 4) is 62.1 Å². The molecule has 0 N–H and O–H groups in total. The minimum absolute atomic E-state index is 0.614. The normalized spacial score (nSPS) is 11.6. The summed E-state index contributed by atoms with van der Waals surface area (Å²) in [4.78, 5) is 15.7. The fraction of sp³-hybridized carbons (Fsp3) is 0.0377. The zero-order valence-corrected chi connectivity index (χ0v) is 32.8. The first-order valence-electron chi connectivity index (χ1n) is 19.6. The maximum absolute atomic E-state index is 5.30. The molecule has 0 amide bonds. The van der Waals surface area contributed by atoms with Crippen LogP contribution in [0.4, 0.5) is 0 Å². The molecule has 4 nitrogen and oxygen atoms in total. The third kappa shape index (κ3) is 5.78. The fourth-order valence-corrected chi connectivity index (χ4v) is 9.55. The van der Waals surface area contributed by atoms with Crippen LogP contribution in [-0.2, 0) is 0 Å². The third-order valence-corrected chi connectivity index (χ3v) is 12.4. The van der Waals surface area contributed by atoms with Gasteiger partial charge in [-0.25, -0.2) is 15.0 Å². The van der Waals surface area contributed by atoms with Gasteiger partial charge in [0, 0.05) is 47.6 Å². The Balaban J connectivity index is 1.21. The summed E-state index contributed by atoms with van der Waals surface area (Å²) in [6, 6.07) is 65.0. The van der Waals surface area contributed by atoms with Gasteiger partial charge in [-0.2, -0.15) is 0 Å². The van der Waals surface area contributed by atoms with Gasteiger partial charge in [0.15, 0.2) is 17.5 Å². The van der Waals surface area contributed by atoms with Crippen LogP contribution in [0.5, 0.6) is 0 Å². The molecule has 58 heavy (non-hydrogen) atoms. The van der Waals surface area contributed by atoms with Crippen LogP contribution in [0, 0.1) is 13.8 Å². The van der Waals surface area contributed by atoms with E-state index in [1.807, 2.05) is 47.7 Å². The van der Waals surface area contributed by atoms with E-state index in [0.717, 1.165) is 44.5 Å². The number of rotatable bonds is 6. The molecular formula is C53H36N4S. The molecule has 0 spiro atoms. The topological polar surface area (TPSA) is 43.6 Å². The molecule has 0 saturated heterocycles. The van der Waals surface area contributed by atoms with E-state index < -0.39 is 0 Å². The fourth-order valence-electron chi connectivity index (χ4n) is 8.46. The number of fused-ring (bicyclic) bond motifs is 6. The molecule has 5 heteroatoms. The second kappa shape index (κ2) is 13.8. The summed E-state index contributed by atoms with van der Waals surface area (Å²) in [5, 5.41) is 4.94. The SMILES string of the molecule is Cc1ccc(-c2ccc3c4ccccc4n(-c4ccc(-c5ccc6sc7ccccc7c6c5)cc4-c4nc(-c5ccccc5)nc(-c5ccccc5)n4)c3c2)c(C)c1. The predicted octanol–water partition coefficient (Wildman–Crippen LogP) is 14.3. The van der Waals surface area contributed by atoms with E-state index in [4.69, 9.17) is 15.0 Å². The molecule has 0 atom stereocenters. The number of nitrogens with zero attached hydrogens (tertiary/aromatic N) is 4. The van der Waals surface area contributed by atoms with Crippen LogP contribution in [0.1, 0.15) is 11.1 Å². The number of aromatic nitrogens is 4. The van der Waals surface area contributed by atoms with Gasteiger partial charge in [-0.3, -0.25) is 0 Å². The van der Waals surface area contributed by atoms with E-state index in [0.29, 0.717) is 17.5 Å². The average Bonchev–Trinajstić information content (AvgIpc) is 3.81. The molecule has 11 rings (SSSR count). The molecular weight excluding hydrogens is 725 g/mol. The van der Waals surface area contributed by atoms with Gasteiger partial charge >= 0.3 is 0 Å². The Bertz CT molecular complexity index is 3300. The van der Waals surface area contributed by atoms with Crippen molar-refractivity contribution in [2.24, 2.45) is 0 Å². The Labute approximate surface area is 340 Å². The lowest BCUT2D eigenvalue weighted by molar-refractivity contribution is 1.06. The maximum Gasteiger partial charge on any atom is 0.166 e. The van der Waals surface area contributed by atoms with Gasteiger partial charge in [-0.1, -0.05) is 145 Å². The molecule has 0 fully saturated rings. The van der Waals surface area contributed by atoms with E-state index in [-0.39, 0.29) is 0 Å². The van der Waals surface area contributed by atoms with Crippen LogP contribution in [0.3, 0.4) is 0 Å². The van der Waals surface area contributed by atoms with Gasteiger partial charge in [0.25, 0.3) is 0 Å². The van der Waals surface area contributed by atoms with Gasteiger partial charge in [-0.15, -0.1) is 11.3 Å². The lowest BCUT2D eigenvalue weighted by Crippen LogP contribution is -2.04. The summed E-state index contributed by atoms with van der Waals surface area (Å²) < 4.78 is 4.98. The molecule has 0 aliphatic rings. The molecule has 274 valence electrons. The van der Waals surface area contributed by atoms with Crippen molar-refractivity contribution < 1.29 is 0 Å². The standard InChI is InChI=1S/C53H36N4S/c1-33-21-25-40(34(2)29-33)39-22-26-42-41-17-9-11-19-46(41)57(48(42)32-39)47-27-23-37(38-24-28-50-44(30-38)43-18-10-12-20-49(43)58-50)31-45(47)53-55-51(35-13-5-3-6-14-35)54-52(56-53)36-15-7-4-8-16-36/h3-32H,1-2H3. The van der Waals surface area contributed by atoms with Gasteiger partial charge < -0.3 is 4.57 Å². The highest BCUT2D eigenvalue weighted by atomic mass is 32.1. The highest BCUT2D eigenvalue weighted by Gasteiger charge is 2.21. The molecule has 8 aromatic carbocycles. The third-order valence-electron chi connectivity index (χ3n) is 11.3. The Hall–Kier alpha value is -7.21. The first-order chi connectivity index (χ1) is 28.6. The maximum atomic E-state index is 5.30. The van der Waals surface area contributed by atoms with E-state index in [9.17, 15) is 0 Å². The summed E-state index contributed by atoms with van der Waals surface area (Å²) in [5.74, 6) is 1.88. The number of benzene rings is 8. The second-order valence-corrected chi connectivity index (χ2v) is 16.1. The lowest BCUT2D eigenvalue weighted by Gasteiger charge is -2.17. The summed E-state index contributed by atoms with van der Waals surface area (Å²) >= 11 is 1.84. The van der Waals surface area contributed by atoms with E-state index in [1.165, 1.54) is 53.2 Å². The Morgan fingerprint density at radius 3 is 1.74 bits per heavy atom. The first kappa shape index (κ1) is 34.1. The number of para-hydroxylation sites is 1. The minimum Gasteiger partial charge on any atom is -0.308 e. The second-order valence-electron chi connectivity index (χ2n) is 15.0. The van der Waals surface area contributed by atoms with Crippen molar-refractivity contribution in [3.05, 3.63) is 193 Å². The largest absolute Gasteiger partial charge is 0.308 e. The molecule has 0 aliphatic carbocycles. The molecule has 3 aromatic heterocycles. The zero-order chi connectivity index (χ0) is 38.7. The summed E-state index contributed by atoms with van der Waals surface area (Å²) in [6.45, 7) is 4.35. The van der Waals surface area contributed by atoms with E-state index in [1.54, 1.807) is 0 Å². The van der Waals surface area contributed by atoms with Gasteiger partial charge in [0.05, 0.1) is 16.7 Å². The van der Waals surface area contributed by atoms with Crippen molar-refractivity contribution in [1.82, 2.24) is 19.5 Å². The first-order valence-corrected chi connectivity index (χ1v) is 20.4. The number of hydrogen-bond acceptors (Lipinski definition) is 4. The Kier molecular flexibility index (Phi) is 8.09. The van der Waals surface area contributed by atoms with Crippen molar-refractivity contribution in [2.75, 3.05) is 0 Å². The highest BCUT2D eigenvalue weighted by Crippen LogP contribution is 2.41. The van der Waals surface area contributed by atoms with Crippen molar-refractivity contribution >= 4 is 53.3 Å². The van der Waals surface area contributed by atoms with Crippen molar-refractivity contribution in [1.29, 1.82) is 0 Å². The van der Waals surface area contributed by atoms with Crippen LogP contribution in [0.15, 0.2) is 182 Å². The average molecular weight is 761 g/mol.